The van der Waals surface area contributed by atoms with Crippen LogP contribution in [0.15, 0.2) is 63.4 Å². The Labute approximate surface area is 179 Å². The van der Waals surface area contributed by atoms with Gasteiger partial charge in [0.15, 0.2) is 5.16 Å². The van der Waals surface area contributed by atoms with E-state index in [0.29, 0.717) is 51.4 Å². The molecule has 3 rings (SSSR count). The first-order valence-corrected chi connectivity index (χ1v) is 10.9. The molecule has 0 radical (unpaired) electrons. The number of anilines is 1. The number of thioether (sulfide) groups is 2. The Morgan fingerprint density at radius 2 is 1.90 bits per heavy atom. The van der Waals surface area contributed by atoms with Gasteiger partial charge in [-0.1, -0.05) is 35.7 Å². The Hall–Kier alpha value is -2.43. The molecule has 0 aliphatic rings. The molecule has 0 spiro atoms. The summed E-state index contributed by atoms with van der Waals surface area (Å²) in [4.78, 5) is 30.0. The molecule has 0 aliphatic heterocycles. The average molecular weight is 452 g/mol. The maximum atomic E-state index is 12.8. The van der Waals surface area contributed by atoms with Gasteiger partial charge in [-0.2, -0.15) is 8.78 Å². The highest BCUT2D eigenvalue weighted by molar-refractivity contribution is 8.00. The number of aromatic nitrogens is 2. The largest absolute Gasteiger partial charge is 0.396 e. The van der Waals surface area contributed by atoms with Crippen molar-refractivity contribution in [3.05, 3.63) is 58.9 Å². The molecule has 0 saturated heterocycles. The number of carbonyl (C=O) groups is 1. The second-order valence-electron chi connectivity index (χ2n) is 6.19. The molecule has 30 heavy (non-hydrogen) atoms. The van der Waals surface area contributed by atoms with E-state index in [-0.39, 0.29) is 23.8 Å². The summed E-state index contributed by atoms with van der Waals surface area (Å²) in [5.74, 6) is -2.80. The number of nitrogens with one attached hydrogen (secondary N) is 1. The lowest BCUT2D eigenvalue weighted by atomic mass is 10.2. The monoisotopic (exact) mass is 451 g/mol. The van der Waals surface area contributed by atoms with Gasteiger partial charge in [0, 0.05) is 23.7 Å². The Morgan fingerprint density at radius 1 is 1.17 bits per heavy atom. The zero-order valence-corrected chi connectivity index (χ0v) is 17.4. The summed E-state index contributed by atoms with van der Waals surface area (Å²) >= 11 is 1.56. The molecular formula is C20H19F2N3O3S2. The summed E-state index contributed by atoms with van der Waals surface area (Å²) < 4.78 is 26.2. The number of hydrogen-bond donors (Lipinski definition) is 2. The van der Waals surface area contributed by atoms with E-state index in [1.54, 1.807) is 36.4 Å². The number of halogens is 2. The maximum Gasteiger partial charge on any atom is 0.288 e. The summed E-state index contributed by atoms with van der Waals surface area (Å²) in [6.07, 6.45) is 0.392. The fourth-order valence-corrected chi connectivity index (χ4v) is 4.05. The number of benzene rings is 2. The van der Waals surface area contributed by atoms with E-state index < -0.39 is 5.76 Å². The number of rotatable bonds is 9. The highest BCUT2D eigenvalue weighted by Gasteiger charge is 2.13. The van der Waals surface area contributed by atoms with E-state index in [1.807, 2.05) is 0 Å². The smallest absolute Gasteiger partial charge is 0.288 e. The molecule has 2 N–H and O–H groups in total. The normalized spacial score (nSPS) is 11.2. The lowest BCUT2D eigenvalue weighted by Crippen LogP contribution is -2.24. The number of fused-ring (bicyclic) bond motifs is 1. The molecule has 0 bridgehead atoms. The zero-order chi connectivity index (χ0) is 21.5. The second-order valence-corrected chi connectivity index (χ2v) is 8.19. The first kappa shape index (κ1) is 22.3. The molecule has 1 heterocycles. The van der Waals surface area contributed by atoms with Gasteiger partial charge in [0.05, 0.1) is 16.7 Å². The zero-order valence-electron chi connectivity index (χ0n) is 15.8. The molecule has 0 atom stereocenters. The number of alkyl halides is 2. The highest BCUT2D eigenvalue weighted by Crippen LogP contribution is 2.26. The van der Waals surface area contributed by atoms with E-state index in [9.17, 15) is 18.4 Å². The van der Waals surface area contributed by atoms with Crippen LogP contribution in [-0.4, -0.2) is 38.7 Å². The molecule has 10 heteroatoms. The third kappa shape index (κ3) is 5.80. The van der Waals surface area contributed by atoms with Crippen LogP contribution in [0.4, 0.5) is 14.5 Å². The predicted octanol–water partition coefficient (Wildman–Crippen LogP) is 3.82. The number of para-hydroxylation sites is 1. The van der Waals surface area contributed by atoms with E-state index >= 15 is 0 Å². The van der Waals surface area contributed by atoms with E-state index in [0.717, 1.165) is 11.8 Å². The summed E-state index contributed by atoms with van der Waals surface area (Å²) in [5, 5.41) is 12.7. The molecule has 0 saturated carbocycles. The Balaban J connectivity index is 1.71. The molecule has 0 unspecified atom stereocenters. The number of hydrogen-bond acceptors (Lipinski definition) is 6. The van der Waals surface area contributed by atoms with E-state index in [1.165, 1.54) is 16.7 Å². The Morgan fingerprint density at radius 3 is 2.60 bits per heavy atom. The van der Waals surface area contributed by atoms with Gasteiger partial charge in [-0.3, -0.25) is 14.2 Å². The SMILES string of the molecule is O=C(CSc1nc2ccccc2c(=O)n1CCCO)Nc1ccc(SC(F)F)cc1. The van der Waals surface area contributed by atoms with Crippen LogP contribution < -0.4 is 10.9 Å². The van der Waals surface area contributed by atoms with Crippen LogP contribution in [0, 0.1) is 0 Å². The fraction of sp³-hybridized carbons (Fsp3) is 0.250. The third-order valence-corrected chi connectivity index (χ3v) is 5.76. The molecule has 158 valence electrons. The van der Waals surface area contributed by atoms with Gasteiger partial charge in [0.1, 0.15) is 0 Å². The standard InChI is InChI=1S/C20H19F2N3O3S2/c21-19(22)30-14-8-6-13(7-9-14)23-17(27)12-29-20-24-16-5-2-1-4-15(16)18(28)25(20)10-3-11-26/h1-2,4-9,19,26H,3,10-12H2,(H,23,27). The minimum Gasteiger partial charge on any atom is -0.396 e. The summed E-state index contributed by atoms with van der Waals surface area (Å²) in [6, 6.07) is 13.1. The van der Waals surface area contributed by atoms with Crippen molar-refractivity contribution in [3.8, 4) is 0 Å². The topological polar surface area (TPSA) is 84.2 Å². The van der Waals surface area contributed by atoms with Gasteiger partial charge < -0.3 is 10.4 Å². The molecule has 2 aromatic carbocycles. The fourth-order valence-electron chi connectivity index (χ4n) is 2.73. The quantitative estimate of drug-likeness (QED) is 0.380. The molecule has 6 nitrogen and oxygen atoms in total. The predicted molar refractivity (Wildman–Crippen MR) is 115 cm³/mol. The first-order valence-electron chi connectivity index (χ1n) is 9.06. The van der Waals surface area contributed by atoms with Crippen LogP contribution in [-0.2, 0) is 11.3 Å². The minimum absolute atomic E-state index is 0.0113. The van der Waals surface area contributed by atoms with Crippen molar-refractivity contribution in [2.24, 2.45) is 0 Å². The van der Waals surface area contributed by atoms with Crippen LogP contribution in [0.2, 0.25) is 0 Å². The van der Waals surface area contributed by atoms with Crippen LogP contribution in [0.1, 0.15) is 6.42 Å². The van der Waals surface area contributed by atoms with Gasteiger partial charge >= 0.3 is 0 Å². The number of aliphatic hydroxyl groups is 1. The number of amides is 1. The molecule has 0 fully saturated rings. The van der Waals surface area contributed by atoms with Crippen LogP contribution >= 0.6 is 23.5 Å². The number of carbonyl (C=O) groups excluding carboxylic acids is 1. The van der Waals surface area contributed by atoms with Gasteiger partial charge in [-0.05, 0) is 42.8 Å². The Bertz CT molecular complexity index is 1080. The number of nitrogens with zero attached hydrogens (tertiary/aromatic N) is 2. The van der Waals surface area contributed by atoms with Crippen molar-refractivity contribution in [1.29, 1.82) is 0 Å². The Kier molecular flexibility index (Phi) is 7.83. The van der Waals surface area contributed by atoms with E-state index in [2.05, 4.69) is 10.3 Å². The second kappa shape index (κ2) is 10.6. The maximum absolute atomic E-state index is 12.8. The average Bonchev–Trinajstić information content (AvgIpc) is 2.73. The summed E-state index contributed by atoms with van der Waals surface area (Å²) in [5.41, 5.74) is 0.810. The van der Waals surface area contributed by atoms with Crippen molar-refractivity contribution in [2.75, 3.05) is 17.7 Å². The third-order valence-electron chi connectivity index (χ3n) is 4.06. The molecule has 3 aromatic rings. The molecule has 1 amide bonds. The molecule has 1 aromatic heterocycles. The van der Waals surface area contributed by atoms with Crippen molar-refractivity contribution in [3.63, 3.8) is 0 Å². The summed E-state index contributed by atoms with van der Waals surface area (Å²) in [7, 11) is 0. The van der Waals surface area contributed by atoms with Crippen molar-refractivity contribution in [1.82, 2.24) is 9.55 Å². The van der Waals surface area contributed by atoms with Crippen molar-refractivity contribution < 1.29 is 18.7 Å². The number of aliphatic hydroxyl groups excluding tert-OH is 1. The van der Waals surface area contributed by atoms with Crippen LogP contribution in [0.3, 0.4) is 0 Å². The lowest BCUT2D eigenvalue weighted by Gasteiger charge is -2.12. The van der Waals surface area contributed by atoms with Gasteiger partial charge in [-0.25, -0.2) is 4.98 Å². The summed E-state index contributed by atoms with van der Waals surface area (Å²) in [6.45, 7) is 0.226. The lowest BCUT2D eigenvalue weighted by molar-refractivity contribution is -0.113. The molecular weight excluding hydrogens is 432 g/mol. The minimum atomic E-state index is -2.50. The first-order chi connectivity index (χ1) is 14.5. The molecule has 0 aliphatic carbocycles. The van der Waals surface area contributed by atoms with Crippen molar-refractivity contribution in [2.45, 2.75) is 28.8 Å². The van der Waals surface area contributed by atoms with E-state index in [4.69, 9.17) is 5.11 Å². The van der Waals surface area contributed by atoms with Crippen LogP contribution in [0.25, 0.3) is 10.9 Å². The highest BCUT2D eigenvalue weighted by atomic mass is 32.2. The van der Waals surface area contributed by atoms with Gasteiger partial charge in [0.2, 0.25) is 5.91 Å². The van der Waals surface area contributed by atoms with Gasteiger partial charge in [-0.15, -0.1) is 0 Å². The van der Waals surface area contributed by atoms with Gasteiger partial charge in [0.25, 0.3) is 11.3 Å². The van der Waals surface area contributed by atoms with Crippen molar-refractivity contribution >= 4 is 46.0 Å². The van der Waals surface area contributed by atoms with Crippen LogP contribution in [0.5, 0.6) is 0 Å².